The van der Waals surface area contributed by atoms with Crippen LogP contribution >= 0.6 is 0 Å². The summed E-state index contributed by atoms with van der Waals surface area (Å²) in [4.78, 5) is 17.0. The van der Waals surface area contributed by atoms with Gasteiger partial charge in [0.15, 0.2) is 5.78 Å². The SMILES string of the molecule is CCCCNc1ccc2ncc(C(=O)CC)c(Nc3ccccc3)c2c1. The zero-order valence-corrected chi connectivity index (χ0v) is 15.4. The van der Waals surface area contributed by atoms with Crippen LogP contribution in [0.2, 0.25) is 0 Å². The van der Waals surface area contributed by atoms with Crippen LogP contribution in [0.4, 0.5) is 17.1 Å². The second kappa shape index (κ2) is 8.48. The Morgan fingerprint density at radius 1 is 1.04 bits per heavy atom. The standard InChI is InChI=1S/C22H25N3O/c1-3-5-13-23-17-11-12-20-18(14-17)22(19(15-24-20)21(26)4-2)25-16-9-7-6-8-10-16/h6-12,14-15,23H,3-5,13H2,1-2H3,(H,24,25). The number of Topliss-reactive ketones (excluding diaryl/α,β-unsaturated/α-hetero) is 1. The van der Waals surface area contributed by atoms with Crippen molar-refractivity contribution in [3.8, 4) is 0 Å². The lowest BCUT2D eigenvalue weighted by Crippen LogP contribution is -2.06. The molecular formula is C22H25N3O. The van der Waals surface area contributed by atoms with Gasteiger partial charge in [-0.25, -0.2) is 0 Å². The maximum Gasteiger partial charge on any atom is 0.166 e. The molecule has 0 fully saturated rings. The van der Waals surface area contributed by atoms with Crippen LogP contribution in [-0.4, -0.2) is 17.3 Å². The third-order valence-corrected chi connectivity index (χ3v) is 4.39. The Bertz CT molecular complexity index is 891. The number of ketones is 1. The lowest BCUT2D eigenvalue weighted by molar-refractivity contribution is 0.0989. The fourth-order valence-electron chi connectivity index (χ4n) is 2.91. The van der Waals surface area contributed by atoms with Crippen molar-refractivity contribution < 1.29 is 4.79 Å². The number of unbranched alkanes of at least 4 members (excludes halogenated alkanes) is 1. The first kappa shape index (κ1) is 17.9. The van der Waals surface area contributed by atoms with Gasteiger partial charge >= 0.3 is 0 Å². The normalized spacial score (nSPS) is 10.7. The maximum atomic E-state index is 12.5. The van der Waals surface area contributed by atoms with Crippen LogP contribution in [-0.2, 0) is 0 Å². The molecule has 1 aromatic heterocycles. The molecule has 0 bridgehead atoms. The number of nitrogens with zero attached hydrogens (tertiary/aromatic N) is 1. The molecule has 0 aliphatic carbocycles. The fraction of sp³-hybridized carbons (Fsp3) is 0.273. The molecule has 0 aliphatic rings. The second-order valence-corrected chi connectivity index (χ2v) is 6.33. The molecule has 0 amide bonds. The zero-order chi connectivity index (χ0) is 18.4. The molecule has 0 unspecified atom stereocenters. The van der Waals surface area contributed by atoms with Gasteiger partial charge in [0.2, 0.25) is 0 Å². The summed E-state index contributed by atoms with van der Waals surface area (Å²) in [7, 11) is 0. The first-order chi connectivity index (χ1) is 12.7. The molecule has 26 heavy (non-hydrogen) atoms. The van der Waals surface area contributed by atoms with Gasteiger partial charge in [-0.1, -0.05) is 38.5 Å². The summed E-state index contributed by atoms with van der Waals surface area (Å²) in [6.07, 6.45) is 4.41. The number of pyridine rings is 1. The maximum absolute atomic E-state index is 12.5. The number of carbonyl (C=O) groups excluding carboxylic acids is 1. The van der Waals surface area contributed by atoms with Gasteiger partial charge in [-0.15, -0.1) is 0 Å². The summed E-state index contributed by atoms with van der Waals surface area (Å²) in [5.41, 5.74) is 4.33. The zero-order valence-electron chi connectivity index (χ0n) is 15.4. The summed E-state index contributed by atoms with van der Waals surface area (Å²) in [6, 6.07) is 16.0. The number of hydrogen-bond acceptors (Lipinski definition) is 4. The number of hydrogen-bond donors (Lipinski definition) is 2. The average molecular weight is 347 g/mol. The van der Waals surface area contributed by atoms with Gasteiger partial charge < -0.3 is 10.6 Å². The van der Waals surface area contributed by atoms with Gasteiger partial charge in [0, 0.05) is 35.9 Å². The van der Waals surface area contributed by atoms with E-state index in [-0.39, 0.29) is 5.78 Å². The predicted molar refractivity (Wildman–Crippen MR) is 109 cm³/mol. The third kappa shape index (κ3) is 4.02. The monoisotopic (exact) mass is 347 g/mol. The fourth-order valence-corrected chi connectivity index (χ4v) is 2.91. The second-order valence-electron chi connectivity index (χ2n) is 6.33. The van der Waals surface area contributed by atoms with Crippen molar-refractivity contribution in [3.05, 3.63) is 60.3 Å². The van der Waals surface area contributed by atoms with Gasteiger partial charge in [0.05, 0.1) is 16.8 Å². The van der Waals surface area contributed by atoms with E-state index in [1.165, 1.54) is 0 Å². The summed E-state index contributed by atoms with van der Waals surface area (Å²) in [6.45, 7) is 4.99. The number of anilines is 3. The number of aromatic nitrogens is 1. The molecule has 0 atom stereocenters. The minimum absolute atomic E-state index is 0.0853. The molecule has 0 saturated carbocycles. The van der Waals surface area contributed by atoms with Crippen molar-refractivity contribution in [2.24, 2.45) is 0 Å². The van der Waals surface area contributed by atoms with Crippen LogP contribution in [0.5, 0.6) is 0 Å². The molecule has 0 radical (unpaired) electrons. The molecule has 2 aromatic carbocycles. The molecule has 134 valence electrons. The van der Waals surface area contributed by atoms with E-state index in [4.69, 9.17) is 0 Å². The van der Waals surface area contributed by atoms with Crippen molar-refractivity contribution in [2.45, 2.75) is 33.1 Å². The summed E-state index contributed by atoms with van der Waals surface area (Å²) in [5, 5.41) is 7.84. The van der Waals surface area contributed by atoms with Gasteiger partial charge in [0.1, 0.15) is 0 Å². The first-order valence-corrected chi connectivity index (χ1v) is 9.24. The van der Waals surface area contributed by atoms with Gasteiger partial charge in [-0.05, 0) is 36.8 Å². The lowest BCUT2D eigenvalue weighted by atomic mass is 10.0. The van der Waals surface area contributed by atoms with E-state index in [1.54, 1.807) is 6.20 Å². The van der Waals surface area contributed by atoms with Crippen LogP contribution in [0.15, 0.2) is 54.7 Å². The summed E-state index contributed by atoms with van der Waals surface area (Å²) < 4.78 is 0. The lowest BCUT2D eigenvalue weighted by Gasteiger charge is -2.15. The average Bonchev–Trinajstić information content (AvgIpc) is 2.69. The van der Waals surface area contributed by atoms with Gasteiger partial charge in [0.25, 0.3) is 0 Å². The largest absolute Gasteiger partial charge is 0.385 e. The van der Waals surface area contributed by atoms with Crippen molar-refractivity contribution >= 4 is 33.7 Å². The quantitative estimate of drug-likeness (QED) is 0.400. The number of carbonyl (C=O) groups is 1. The van der Waals surface area contributed by atoms with Crippen LogP contribution in [0.25, 0.3) is 10.9 Å². The Morgan fingerprint density at radius 3 is 2.58 bits per heavy atom. The number of nitrogens with one attached hydrogen (secondary N) is 2. The Kier molecular flexibility index (Phi) is 5.84. The molecule has 3 aromatic rings. The van der Waals surface area contributed by atoms with E-state index in [0.29, 0.717) is 12.0 Å². The molecular weight excluding hydrogens is 322 g/mol. The highest BCUT2D eigenvalue weighted by atomic mass is 16.1. The topological polar surface area (TPSA) is 54.0 Å². The third-order valence-electron chi connectivity index (χ3n) is 4.39. The summed E-state index contributed by atoms with van der Waals surface area (Å²) >= 11 is 0. The minimum Gasteiger partial charge on any atom is -0.385 e. The van der Waals surface area contributed by atoms with E-state index < -0.39 is 0 Å². The minimum atomic E-state index is 0.0853. The van der Waals surface area contributed by atoms with Crippen LogP contribution in [0, 0.1) is 0 Å². The molecule has 0 spiro atoms. The molecule has 0 saturated heterocycles. The Balaban J connectivity index is 2.08. The van der Waals surface area contributed by atoms with Crippen molar-refractivity contribution in [1.82, 2.24) is 4.98 Å². The van der Waals surface area contributed by atoms with Crippen molar-refractivity contribution in [2.75, 3.05) is 17.2 Å². The molecule has 2 N–H and O–H groups in total. The first-order valence-electron chi connectivity index (χ1n) is 9.24. The molecule has 0 aliphatic heterocycles. The van der Waals surface area contributed by atoms with E-state index in [0.717, 1.165) is 47.4 Å². The molecule has 1 heterocycles. The van der Waals surface area contributed by atoms with Crippen LogP contribution < -0.4 is 10.6 Å². The van der Waals surface area contributed by atoms with E-state index in [2.05, 4.69) is 28.6 Å². The Morgan fingerprint density at radius 2 is 1.85 bits per heavy atom. The molecule has 4 heteroatoms. The summed E-state index contributed by atoms with van der Waals surface area (Å²) in [5.74, 6) is 0.0853. The van der Waals surface area contributed by atoms with E-state index in [1.807, 2.05) is 49.4 Å². The van der Waals surface area contributed by atoms with Crippen LogP contribution in [0.1, 0.15) is 43.5 Å². The van der Waals surface area contributed by atoms with E-state index in [9.17, 15) is 4.79 Å². The number of fused-ring (bicyclic) bond motifs is 1. The van der Waals surface area contributed by atoms with E-state index >= 15 is 0 Å². The highest BCUT2D eigenvalue weighted by Gasteiger charge is 2.15. The smallest absolute Gasteiger partial charge is 0.166 e. The van der Waals surface area contributed by atoms with Gasteiger partial charge in [-0.3, -0.25) is 9.78 Å². The van der Waals surface area contributed by atoms with Crippen LogP contribution in [0.3, 0.4) is 0 Å². The highest BCUT2D eigenvalue weighted by Crippen LogP contribution is 2.31. The van der Waals surface area contributed by atoms with Crippen molar-refractivity contribution in [1.29, 1.82) is 0 Å². The Hall–Kier alpha value is -2.88. The highest BCUT2D eigenvalue weighted by molar-refractivity contribution is 6.09. The number of para-hydroxylation sites is 1. The van der Waals surface area contributed by atoms with Crippen molar-refractivity contribution in [3.63, 3.8) is 0 Å². The molecule has 3 rings (SSSR count). The predicted octanol–water partition coefficient (Wildman–Crippen LogP) is 5.78. The number of rotatable bonds is 8. The number of benzene rings is 2. The van der Waals surface area contributed by atoms with Gasteiger partial charge in [-0.2, -0.15) is 0 Å². The Labute approximate surface area is 154 Å². The molecule has 4 nitrogen and oxygen atoms in total.